The molecule has 0 amide bonds. The van der Waals surface area contributed by atoms with Crippen molar-refractivity contribution < 1.29 is 0 Å². The number of hydrogen-bond acceptors (Lipinski definition) is 8. The van der Waals surface area contributed by atoms with Crippen LogP contribution in [0, 0.1) is 0 Å². The highest BCUT2D eigenvalue weighted by Gasteiger charge is 2.25. The van der Waals surface area contributed by atoms with Crippen molar-refractivity contribution in [1.82, 2.24) is 19.9 Å². The molecule has 37 heavy (non-hydrogen) atoms. The van der Waals surface area contributed by atoms with Gasteiger partial charge in [-0.15, -0.1) is 0 Å². The first-order valence-electron chi connectivity index (χ1n) is 12.9. The van der Waals surface area contributed by atoms with Crippen molar-refractivity contribution in [2.45, 2.75) is 18.2 Å². The SMILES string of the molecule is CCCN1Sc2cnc(Nc3ccc(N4CCN(C)CC4)cc3)nc2-c2cc(-c3ccncc3)ccc21. The van der Waals surface area contributed by atoms with Gasteiger partial charge in [0.1, 0.15) is 0 Å². The van der Waals surface area contributed by atoms with Gasteiger partial charge in [0.2, 0.25) is 5.95 Å². The molecule has 0 spiro atoms. The lowest BCUT2D eigenvalue weighted by atomic mass is 10.0. The van der Waals surface area contributed by atoms with Gasteiger partial charge < -0.3 is 19.4 Å². The minimum atomic E-state index is 0.607. The third-order valence-corrected chi connectivity index (χ3v) is 8.01. The third kappa shape index (κ3) is 4.99. The van der Waals surface area contributed by atoms with E-state index in [-0.39, 0.29) is 0 Å². The molecule has 0 radical (unpaired) electrons. The number of hydrogen-bond donors (Lipinski definition) is 1. The molecule has 7 nitrogen and oxygen atoms in total. The van der Waals surface area contributed by atoms with Crippen LogP contribution in [0.25, 0.3) is 22.4 Å². The van der Waals surface area contributed by atoms with Crippen molar-refractivity contribution in [3.63, 3.8) is 0 Å². The molecule has 0 bridgehead atoms. The van der Waals surface area contributed by atoms with E-state index in [1.54, 1.807) is 11.9 Å². The van der Waals surface area contributed by atoms with E-state index in [4.69, 9.17) is 4.98 Å². The van der Waals surface area contributed by atoms with E-state index >= 15 is 0 Å². The molecule has 4 heterocycles. The second kappa shape index (κ2) is 10.4. The molecular weight excluding hydrogens is 478 g/mol. The normalized spacial score (nSPS) is 15.3. The van der Waals surface area contributed by atoms with Crippen molar-refractivity contribution >= 4 is 35.0 Å². The first-order chi connectivity index (χ1) is 18.2. The van der Waals surface area contributed by atoms with Crippen LogP contribution in [0.15, 0.2) is 78.1 Å². The van der Waals surface area contributed by atoms with Crippen LogP contribution in [0.4, 0.5) is 23.0 Å². The van der Waals surface area contributed by atoms with Crippen LogP contribution >= 0.6 is 11.9 Å². The molecule has 2 aliphatic rings. The van der Waals surface area contributed by atoms with Crippen LogP contribution in [0.2, 0.25) is 0 Å². The van der Waals surface area contributed by atoms with E-state index in [1.807, 2.05) is 30.7 Å². The molecule has 6 rings (SSSR count). The predicted molar refractivity (Wildman–Crippen MR) is 154 cm³/mol. The zero-order chi connectivity index (χ0) is 25.2. The van der Waals surface area contributed by atoms with Crippen molar-refractivity contribution in [3.8, 4) is 22.4 Å². The average molecular weight is 510 g/mol. The lowest BCUT2D eigenvalue weighted by Gasteiger charge is -2.34. The van der Waals surface area contributed by atoms with Crippen LogP contribution in [-0.4, -0.2) is 59.6 Å². The largest absolute Gasteiger partial charge is 0.369 e. The summed E-state index contributed by atoms with van der Waals surface area (Å²) in [4.78, 5) is 19.7. The van der Waals surface area contributed by atoms with Gasteiger partial charge in [-0.25, -0.2) is 9.97 Å². The average Bonchev–Trinajstić information content (AvgIpc) is 2.95. The maximum Gasteiger partial charge on any atom is 0.227 e. The lowest BCUT2D eigenvalue weighted by molar-refractivity contribution is 0.313. The number of likely N-dealkylation sites (N-methyl/N-ethyl adjacent to an activating group) is 1. The molecule has 1 fully saturated rings. The number of pyridine rings is 1. The van der Waals surface area contributed by atoms with E-state index in [0.717, 1.165) is 72.1 Å². The molecule has 2 aromatic carbocycles. The molecule has 2 aromatic heterocycles. The summed E-state index contributed by atoms with van der Waals surface area (Å²) in [5.74, 6) is 0.607. The second-order valence-corrected chi connectivity index (χ2v) is 10.6. The Morgan fingerprint density at radius 2 is 1.70 bits per heavy atom. The molecule has 8 heteroatoms. The van der Waals surface area contributed by atoms with Gasteiger partial charge in [0.05, 0.1) is 16.3 Å². The smallest absolute Gasteiger partial charge is 0.227 e. The highest BCUT2D eigenvalue weighted by Crippen LogP contribution is 2.47. The fraction of sp³-hybridized carbons (Fsp3) is 0.276. The van der Waals surface area contributed by atoms with Crippen molar-refractivity contribution in [3.05, 3.63) is 73.2 Å². The second-order valence-electron chi connectivity index (χ2n) is 9.53. The zero-order valence-corrected chi connectivity index (χ0v) is 22.1. The summed E-state index contributed by atoms with van der Waals surface area (Å²) in [5, 5.41) is 3.42. The van der Waals surface area contributed by atoms with Crippen LogP contribution in [-0.2, 0) is 0 Å². The molecule has 0 saturated carbocycles. The van der Waals surface area contributed by atoms with Crippen LogP contribution in [0.1, 0.15) is 13.3 Å². The fourth-order valence-electron chi connectivity index (χ4n) is 4.84. The molecule has 4 aromatic rings. The van der Waals surface area contributed by atoms with Crippen LogP contribution < -0.4 is 14.5 Å². The molecule has 1 saturated heterocycles. The fourth-order valence-corrected chi connectivity index (χ4v) is 5.96. The van der Waals surface area contributed by atoms with Gasteiger partial charge in [0.25, 0.3) is 0 Å². The summed E-state index contributed by atoms with van der Waals surface area (Å²) in [6, 6.07) is 19.3. The summed E-state index contributed by atoms with van der Waals surface area (Å²) >= 11 is 1.72. The Morgan fingerprint density at radius 3 is 2.46 bits per heavy atom. The maximum atomic E-state index is 5.00. The highest BCUT2D eigenvalue weighted by atomic mass is 32.2. The zero-order valence-electron chi connectivity index (χ0n) is 21.3. The maximum absolute atomic E-state index is 5.00. The Balaban J connectivity index is 1.29. The summed E-state index contributed by atoms with van der Waals surface area (Å²) < 4.78 is 2.35. The van der Waals surface area contributed by atoms with Crippen molar-refractivity contribution in [1.29, 1.82) is 0 Å². The van der Waals surface area contributed by atoms with Gasteiger partial charge in [-0.1, -0.05) is 13.0 Å². The van der Waals surface area contributed by atoms with E-state index in [2.05, 4.69) is 85.8 Å². The van der Waals surface area contributed by atoms with E-state index in [9.17, 15) is 0 Å². The topological polar surface area (TPSA) is 60.4 Å². The number of piperazine rings is 1. The Labute approximate surface area is 222 Å². The van der Waals surface area contributed by atoms with Gasteiger partial charge in [0.15, 0.2) is 0 Å². The number of fused-ring (bicyclic) bond motifs is 3. The Hall–Kier alpha value is -3.62. The molecule has 0 atom stereocenters. The Kier molecular flexibility index (Phi) is 6.68. The summed E-state index contributed by atoms with van der Waals surface area (Å²) in [6.45, 7) is 7.49. The van der Waals surface area contributed by atoms with Gasteiger partial charge >= 0.3 is 0 Å². The molecule has 2 aliphatic heterocycles. The molecule has 0 unspecified atom stereocenters. The van der Waals surface area contributed by atoms with Crippen LogP contribution in [0.5, 0.6) is 0 Å². The van der Waals surface area contributed by atoms with E-state index in [0.29, 0.717) is 5.95 Å². The number of anilines is 4. The summed E-state index contributed by atoms with van der Waals surface area (Å²) in [6.07, 6.45) is 6.68. The van der Waals surface area contributed by atoms with Crippen molar-refractivity contribution in [2.24, 2.45) is 0 Å². The number of benzene rings is 2. The minimum absolute atomic E-state index is 0.607. The van der Waals surface area contributed by atoms with Gasteiger partial charge in [0, 0.05) is 68.3 Å². The van der Waals surface area contributed by atoms with Gasteiger partial charge in [-0.05, 0) is 85.1 Å². The van der Waals surface area contributed by atoms with Crippen LogP contribution in [0.3, 0.4) is 0 Å². The monoisotopic (exact) mass is 509 g/mol. The molecular formula is C29H31N7S. The van der Waals surface area contributed by atoms with Gasteiger partial charge in [-0.2, -0.15) is 0 Å². The Bertz CT molecular complexity index is 1370. The van der Waals surface area contributed by atoms with Crippen molar-refractivity contribution in [2.75, 3.05) is 54.3 Å². The lowest BCUT2D eigenvalue weighted by Crippen LogP contribution is -2.44. The number of aromatic nitrogens is 3. The first-order valence-corrected chi connectivity index (χ1v) is 13.6. The Morgan fingerprint density at radius 1 is 0.919 bits per heavy atom. The molecule has 1 N–H and O–H groups in total. The van der Waals surface area contributed by atoms with E-state index in [1.165, 1.54) is 11.4 Å². The number of nitrogens with zero attached hydrogens (tertiary/aromatic N) is 6. The quantitative estimate of drug-likeness (QED) is 0.321. The highest BCUT2D eigenvalue weighted by molar-refractivity contribution is 8.00. The van der Waals surface area contributed by atoms with E-state index < -0.39 is 0 Å². The predicted octanol–water partition coefficient (Wildman–Crippen LogP) is 5.94. The first kappa shape index (κ1) is 23.8. The minimum Gasteiger partial charge on any atom is -0.369 e. The molecule has 0 aliphatic carbocycles. The van der Waals surface area contributed by atoms with Gasteiger partial charge in [-0.3, -0.25) is 4.98 Å². The summed E-state index contributed by atoms with van der Waals surface area (Å²) in [5.41, 5.74) is 7.84. The molecule has 188 valence electrons. The number of rotatable bonds is 6. The number of nitrogens with one attached hydrogen (secondary N) is 1. The summed E-state index contributed by atoms with van der Waals surface area (Å²) in [7, 11) is 2.18. The third-order valence-electron chi connectivity index (χ3n) is 6.92. The standard InChI is InChI=1S/C29H31N7S/c1-3-14-36-26-9-4-22(21-10-12-30-13-11-21)19-25(26)28-27(37-36)20-31-29(33-28)32-23-5-7-24(8-6-23)35-17-15-34(2)16-18-35/h4-13,19-20H,3,14-18H2,1-2H3,(H,31,32,33).